The number of ether oxygens (including phenoxy) is 2. The Kier molecular flexibility index (Phi) is 7.87. The van der Waals surface area contributed by atoms with Gasteiger partial charge in [0.25, 0.3) is 5.56 Å². The summed E-state index contributed by atoms with van der Waals surface area (Å²) in [6.07, 6.45) is 3.87. The number of hydrogen-bond acceptors (Lipinski definition) is 8. The second-order valence-corrected chi connectivity index (χ2v) is 10.0. The molecule has 38 heavy (non-hydrogen) atoms. The molecule has 0 spiro atoms. The Hall–Kier alpha value is -4.11. The zero-order chi connectivity index (χ0) is 27.6. The Morgan fingerprint density at radius 1 is 1.26 bits per heavy atom. The number of carbonyl (C=O) groups is 1. The number of hydrogen-bond donors (Lipinski definition) is 1. The summed E-state index contributed by atoms with van der Waals surface area (Å²) in [5.74, 6) is -0.147. The molecule has 4 rings (SSSR count). The molecule has 0 saturated carbocycles. The largest absolute Gasteiger partial charge is 0.504 e. The molecule has 9 heteroatoms. The molecule has 0 fully saturated rings. The van der Waals surface area contributed by atoms with Gasteiger partial charge < -0.3 is 19.5 Å². The minimum Gasteiger partial charge on any atom is -0.504 e. The summed E-state index contributed by atoms with van der Waals surface area (Å²) < 4.78 is 12.7. The van der Waals surface area contributed by atoms with Gasteiger partial charge in [0.05, 0.1) is 35.6 Å². The first-order chi connectivity index (χ1) is 18.2. The predicted octanol–water partition coefficient (Wildman–Crippen LogP) is 3.31. The highest BCUT2D eigenvalue weighted by atomic mass is 32.1. The van der Waals surface area contributed by atoms with Crippen LogP contribution in [0.4, 0.5) is 5.69 Å². The van der Waals surface area contributed by atoms with Crippen LogP contribution >= 0.6 is 11.3 Å². The first kappa shape index (κ1) is 26.9. The van der Waals surface area contributed by atoms with Crippen LogP contribution < -0.4 is 24.5 Å². The van der Waals surface area contributed by atoms with Gasteiger partial charge in [0, 0.05) is 25.3 Å². The third-order valence-electron chi connectivity index (χ3n) is 6.30. The highest BCUT2D eigenvalue weighted by molar-refractivity contribution is 7.07. The van der Waals surface area contributed by atoms with Gasteiger partial charge in [-0.15, -0.1) is 6.58 Å². The van der Waals surface area contributed by atoms with Crippen LogP contribution in [0.3, 0.4) is 0 Å². The van der Waals surface area contributed by atoms with E-state index in [0.717, 1.165) is 11.3 Å². The van der Waals surface area contributed by atoms with Crippen LogP contribution in [0.15, 0.2) is 70.1 Å². The van der Waals surface area contributed by atoms with E-state index in [1.54, 1.807) is 42.7 Å². The number of anilines is 1. The number of phenolic OH excluding ortho intramolecular Hbond substituents is 1. The van der Waals surface area contributed by atoms with Gasteiger partial charge in [-0.05, 0) is 61.7 Å². The second-order valence-electron chi connectivity index (χ2n) is 9.01. The summed E-state index contributed by atoms with van der Waals surface area (Å²) in [4.78, 5) is 34.0. The first-order valence-electron chi connectivity index (χ1n) is 12.2. The standard InChI is InChI=1S/C29H31N3O5S/c1-7-9-20-14-18(15-22(36-6)26(20)33)16-23-27(34)32-25(19-10-12-21(13-11-19)31(4)5)24(28(35)37-8-2)17(3)30-29(32)38-23/h7,10-16,25,33H,1,8-9H2,2-6H3/b23-16+/t25-/m1/s1. The molecule has 0 saturated heterocycles. The van der Waals surface area contributed by atoms with E-state index in [2.05, 4.69) is 11.6 Å². The Labute approximate surface area is 225 Å². The van der Waals surface area contributed by atoms with Crippen molar-refractivity contribution in [3.05, 3.63) is 96.7 Å². The van der Waals surface area contributed by atoms with Gasteiger partial charge in [-0.3, -0.25) is 9.36 Å². The summed E-state index contributed by atoms with van der Waals surface area (Å²) in [5, 5.41) is 10.4. The summed E-state index contributed by atoms with van der Waals surface area (Å²) >= 11 is 1.24. The Morgan fingerprint density at radius 2 is 1.97 bits per heavy atom. The average Bonchev–Trinajstić information content (AvgIpc) is 3.19. The molecule has 1 aliphatic heterocycles. The number of aromatic nitrogens is 1. The van der Waals surface area contributed by atoms with Crippen molar-refractivity contribution in [2.24, 2.45) is 4.99 Å². The number of esters is 1. The van der Waals surface area contributed by atoms with E-state index in [4.69, 9.17) is 9.47 Å². The van der Waals surface area contributed by atoms with Gasteiger partial charge in [-0.25, -0.2) is 9.79 Å². The maximum Gasteiger partial charge on any atom is 0.338 e. The van der Waals surface area contributed by atoms with Crippen molar-refractivity contribution >= 4 is 29.1 Å². The molecule has 8 nitrogen and oxygen atoms in total. The van der Waals surface area contributed by atoms with Crippen LogP contribution in [0.2, 0.25) is 0 Å². The monoisotopic (exact) mass is 533 g/mol. The molecule has 0 aliphatic carbocycles. The molecule has 2 heterocycles. The predicted molar refractivity (Wildman–Crippen MR) is 150 cm³/mol. The second kappa shape index (κ2) is 11.1. The number of phenols is 1. The lowest BCUT2D eigenvalue weighted by atomic mass is 9.95. The van der Waals surface area contributed by atoms with Gasteiger partial charge in [0.2, 0.25) is 0 Å². The van der Waals surface area contributed by atoms with Crippen LogP contribution in [0, 0.1) is 0 Å². The highest BCUT2D eigenvalue weighted by Crippen LogP contribution is 2.33. The molecule has 2 aromatic carbocycles. The van der Waals surface area contributed by atoms with Crippen LogP contribution in [-0.2, 0) is 16.0 Å². The molecule has 198 valence electrons. The van der Waals surface area contributed by atoms with Crippen LogP contribution in [0.1, 0.15) is 36.6 Å². The van der Waals surface area contributed by atoms with Gasteiger partial charge in [0.1, 0.15) is 0 Å². The quantitative estimate of drug-likeness (QED) is 0.353. The first-order valence-corrected chi connectivity index (χ1v) is 13.0. The van der Waals surface area contributed by atoms with Crippen LogP contribution in [0.5, 0.6) is 11.5 Å². The third kappa shape index (κ3) is 5.02. The van der Waals surface area contributed by atoms with E-state index in [0.29, 0.717) is 43.9 Å². The molecule has 1 N–H and O–H groups in total. The third-order valence-corrected chi connectivity index (χ3v) is 7.28. The van der Waals surface area contributed by atoms with E-state index in [9.17, 15) is 14.7 Å². The van der Waals surface area contributed by atoms with Crippen molar-refractivity contribution in [1.29, 1.82) is 0 Å². The van der Waals surface area contributed by atoms with Gasteiger partial charge >= 0.3 is 5.97 Å². The zero-order valence-corrected chi connectivity index (χ0v) is 23.0. The Balaban J connectivity index is 1.93. The van der Waals surface area contributed by atoms with Crippen molar-refractivity contribution in [2.45, 2.75) is 26.3 Å². The van der Waals surface area contributed by atoms with Crippen molar-refractivity contribution in [3.63, 3.8) is 0 Å². The summed E-state index contributed by atoms with van der Waals surface area (Å²) in [6.45, 7) is 7.46. The average molecular weight is 534 g/mol. The van der Waals surface area contributed by atoms with E-state index >= 15 is 0 Å². The maximum absolute atomic E-state index is 13.8. The molecule has 0 amide bonds. The molecule has 1 atom stereocenters. The molecular weight excluding hydrogens is 502 g/mol. The lowest BCUT2D eigenvalue weighted by Gasteiger charge is -2.25. The molecule has 1 aliphatic rings. The molecule has 0 radical (unpaired) electrons. The molecule has 3 aromatic rings. The fraction of sp³-hybridized carbons (Fsp3) is 0.276. The van der Waals surface area contributed by atoms with Crippen LogP contribution in [-0.4, -0.2) is 43.5 Å². The van der Waals surface area contributed by atoms with Crippen molar-refractivity contribution < 1.29 is 19.4 Å². The minimum atomic E-state index is -0.686. The number of methoxy groups -OCH3 is 1. The van der Waals surface area contributed by atoms with E-state index in [-0.39, 0.29) is 17.9 Å². The van der Waals surface area contributed by atoms with E-state index in [1.165, 1.54) is 18.4 Å². The van der Waals surface area contributed by atoms with Crippen LogP contribution in [0.25, 0.3) is 6.08 Å². The van der Waals surface area contributed by atoms with Gasteiger partial charge in [-0.1, -0.05) is 29.5 Å². The number of allylic oxidation sites excluding steroid dienone is 2. The summed E-state index contributed by atoms with van der Waals surface area (Å²) in [7, 11) is 5.38. The Morgan fingerprint density at radius 3 is 2.58 bits per heavy atom. The maximum atomic E-state index is 13.8. The van der Waals surface area contributed by atoms with Gasteiger partial charge in [-0.2, -0.15) is 0 Å². The topological polar surface area (TPSA) is 93.4 Å². The van der Waals surface area contributed by atoms with E-state index in [1.807, 2.05) is 43.3 Å². The number of thiazole rings is 1. The molecule has 0 unspecified atom stereocenters. The lowest BCUT2D eigenvalue weighted by molar-refractivity contribution is -0.139. The fourth-order valence-electron chi connectivity index (χ4n) is 4.45. The number of benzene rings is 2. The van der Waals surface area contributed by atoms with Gasteiger partial charge in [0.15, 0.2) is 16.3 Å². The molecular formula is C29H31N3O5S. The number of nitrogens with zero attached hydrogens (tertiary/aromatic N) is 3. The lowest BCUT2D eigenvalue weighted by Crippen LogP contribution is -2.39. The Bertz CT molecular complexity index is 1600. The zero-order valence-electron chi connectivity index (χ0n) is 22.1. The van der Waals surface area contributed by atoms with E-state index < -0.39 is 12.0 Å². The molecule has 0 bridgehead atoms. The smallest absolute Gasteiger partial charge is 0.338 e. The normalized spacial score (nSPS) is 15.1. The number of fused-ring (bicyclic) bond motifs is 1. The number of carbonyl (C=O) groups excluding carboxylic acids is 1. The fourth-order valence-corrected chi connectivity index (χ4v) is 5.50. The summed E-state index contributed by atoms with van der Waals surface area (Å²) in [5.41, 5.74) is 3.67. The molecule has 1 aromatic heterocycles. The van der Waals surface area contributed by atoms with Crippen molar-refractivity contribution in [1.82, 2.24) is 4.57 Å². The number of rotatable bonds is 8. The van der Waals surface area contributed by atoms with Crippen molar-refractivity contribution in [3.8, 4) is 11.5 Å². The minimum absolute atomic E-state index is 0.0434. The summed E-state index contributed by atoms with van der Waals surface area (Å²) in [6, 6.07) is 10.5. The van der Waals surface area contributed by atoms with Crippen molar-refractivity contribution in [2.75, 3.05) is 32.7 Å². The SMILES string of the molecule is C=CCc1cc(/C=c2/sc3n(c2=O)[C@H](c2ccc(N(C)C)cc2)C(C(=O)OCC)=C(C)N=3)cc(OC)c1O. The highest BCUT2D eigenvalue weighted by Gasteiger charge is 2.33. The number of aromatic hydroxyl groups is 1.